The molecule has 1 unspecified atom stereocenters. The molecule has 0 radical (unpaired) electrons. The highest BCUT2D eigenvalue weighted by Crippen LogP contribution is 2.27. The molecule has 1 aromatic carbocycles. The van der Waals surface area contributed by atoms with E-state index >= 15 is 0 Å². The Morgan fingerprint density at radius 3 is 2.75 bits per heavy atom. The van der Waals surface area contributed by atoms with Crippen LogP contribution in [-0.2, 0) is 14.8 Å². The molecule has 0 saturated carbocycles. The number of rotatable bonds is 4. The van der Waals surface area contributed by atoms with Crippen molar-refractivity contribution >= 4 is 27.5 Å². The number of carbonyl (C=O) groups is 1. The van der Waals surface area contributed by atoms with Crippen LogP contribution >= 0.6 is 11.6 Å². The van der Waals surface area contributed by atoms with E-state index in [1.165, 1.54) is 24.3 Å². The smallest absolute Gasteiger partial charge is 0.241 e. The number of amides is 1. The van der Waals surface area contributed by atoms with E-state index < -0.39 is 16.1 Å². The second-order valence-electron chi connectivity index (χ2n) is 6.46. The molecular formula is C16H22ClN3O3S. The molecule has 2 heterocycles. The Morgan fingerprint density at radius 2 is 2.04 bits per heavy atom. The van der Waals surface area contributed by atoms with Crippen LogP contribution in [0.15, 0.2) is 29.2 Å². The summed E-state index contributed by atoms with van der Waals surface area (Å²) in [4.78, 5) is 14.7. The molecule has 3 rings (SSSR count). The van der Waals surface area contributed by atoms with Crippen molar-refractivity contribution in [2.45, 2.75) is 36.7 Å². The first-order chi connectivity index (χ1) is 11.4. The number of sulfonamides is 1. The second kappa shape index (κ2) is 7.00. The van der Waals surface area contributed by atoms with Gasteiger partial charge in [0.15, 0.2) is 0 Å². The monoisotopic (exact) mass is 371 g/mol. The van der Waals surface area contributed by atoms with Crippen molar-refractivity contribution in [1.82, 2.24) is 14.9 Å². The first kappa shape index (κ1) is 17.7. The van der Waals surface area contributed by atoms with Crippen molar-refractivity contribution < 1.29 is 13.2 Å². The largest absolute Gasteiger partial charge is 0.337 e. The molecule has 6 nitrogen and oxygen atoms in total. The molecule has 0 spiro atoms. The Balaban J connectivity index is 1.70. The minimum atomic E-state index is -3.75. The lowest BCUT2D eigenvalue weighted by Crippen LogP contribution is -2.54. The van der Waals surface area contributed by atoms with Crippen LogP contribution in [0.25, 0.3) is 0 Å². The van der Waals surface area contributed by atoms with Gasteiger partial charge in [-0.25, -0.2) is 8.42 Å². The first-order valence-corrected chi connectivity index (χ1v) is 10.0. The number of likely N-dealkylation sites (tertiary alicyclic amines) is 1. The summed E-state index contributed by atoms with van der Waals surface area (Å²) < 4.78 is 27.3. The van der Waals surface area contributed by atoms with Crippen LogP contribution in [0.2, 0.25) is 5.02 Å². The zero-order valence-corrected chi connectivity index (χ0v) is 15.1. The van der Waals surface area contributed by atoms with E-state index in [-0.39, 0.29) is 16.8 Å². The van der Waals surface area contributed by atoms with Crippen molar-refractivity contribution in [3.05, 3.63) is 29.3 Å². The lowest BCUT2D eigenvalue weighted by atomic mass is 9.91. The fourth-order valence-electron chi connectivity index (χ4n) is 3.56. The minimum absolute atomic E-state index is 0.102. The number of nitrogens with one attached hydrogen (secondary N) is 2. The summed E-state index contributed by atoms with van der Waals surface area (Å²) in [5.41, 5.74) is 0. The van der Waals surface area contributed by atoms with Crippen molar-refractivity contribution in [3.8, 4) is 0 Å². The van der Waals surface area contributed by atoms with E-state index in [1.807, 2.05) is 4.90 Å². The summed E-state index contributed by atoms with van der Waals surface area (Å²) in [5, 5.41) is 3.79. The first-order valence-electron chi connectivity index (χ1n) is 8.17. The summed E-state index contributed by atoms with van der Waals surface area (Å²) in [5.74, 6) is 0.314. The zero-order chi connectivity index (χ0) is 17.3. The Hall–Kier alpha value is -1.15. The average Bonchev–Trinajstić information content (AvgIpc) is 3.02. The van der Waals surface area contributed by atoms with Crippen molar-refractivity contribution in [2.75, 3.05) is 19.6 Å². The molecule has 0 aliphatic carbocycles. The maximum Gasteiger partial charge on any atom is 0.241 e. The van der Waals surface area contributed by atoms with Crippen molar-refractivity contribution in [2.24, 2.45) is 5.92 Å². The number of carbonyl (C=O) groups excluding carboxylic acids is 1. The van der Waals surface area contributed by atoms with Crippen LogP contribution in [0.1, 0.15) is 19.8 Å². The van der Waals surface area contributed by atoms with Gasteiger partial charge in [-0.2, -0.15) is 4.72 Å². The number of fused-ring (bicyclic) bond motifs is 1. The molecular weight excluding hydrogens is 350 g/mol. The number of piperidine rings is 1. The fourth-order valence-corrected chi connectivity index (χ4v) is 4.88. The third-order valence-electron chi connectivity index (χ3n) is 4.79. The van der Waals surface area contributed by atoms with Gasteiger partial charge in [-0.1, -0.05) is 11.6 Å². The van der Waals surface area contributed by atoms with Gasteiger partial charge in [0.1, 0.15) is 0 Å². The van der Waals surface area contributed by atoms with Gasteiger partial charge in [0.05, 0.1) is 10.9 Å². The van der Waals surface area contributed by atoms with Crippen molar-refractivity contribution in [1.29, 1.82) is 0 Å². The summed E-state index contributed by atoms with van der Waals surface area (Å²) in [6, 6.07) is 5.27. The standard InChI is InChI=1S/C16H22ClN3O3S/c1-11(19-24(22,23)14-6-4-13(17)5-7-14)16(21)20-8-2-3-12-9-18-10-15(12)20/h4-7,11-12,15,18-19H,2-3,8-10H2,1H3/t11?,12-,15+/m0/s1. The number of nitrogens with zero attached hydrogens (tertiary/aromatic N) is 1. The Kier molecular flexibility index (Phi) is 5.15. The normalized spacial score (nSPS) is 25.3. The number of hydrogen-bond acceptors (Lipinski definition) is 4. The number of halogens is 1. The Labute approximate surface area is 147 Å². The highest BCUT2D eigenvalue weighted by Gasteiger charge is 2.39. The molecule has 1 aromatic rings. The highest BCUT2D eigenvalue weighted by atomic mass is 35.5. The van der Waals surface area contributed by atoms with E-state index in [4.69, 9.17) is 11.6 Å². The number of benzene rings is 1. The van der Waals surface area contributed by atoms with Crippen LogP contribution in [0, 0.1) is 5.92 Å². The van der Waals surface area contributed by atoms with Crippen LogP contribution in [0.3, 0.4) is 0 Å². The van der Waals surface area contributed by atoms with Crippen LogP contribution in [0.4, 0.5) is 0 Å². The summed E-state index contributed by atoms with van der Waals surface area (Å²) in [7, 11) is -3.75. The van der Waals surface area contributed by atoms with Gasteiger partial charge in [0.2, 0.25) is 15.9 Å². The molecule has 2 aliphatic heterocycles. The lowest BCUT2D eigenvalue weighted by molar-refractivity contribution is -0.136. The van der Waals surface area contributed by atoms with E-state index in [0.717, 1.165) is 25.9 Å². The Bertz CT molecular complexity index is 708. The number of hydrogen-bond donors (Lipinski definition) is 2. The van der Waals surface area contributed by atoms with Crippen LogP contribution < -0.4 is 10.0 Å². The third kappa shape index (κ3) is 3.59. The van der Waals surface area contributed by atoms with Gasteiger partial charge in [0, 0.05) is 30.7 Å². The van der Waals surface area contributed by atoms with Gasteiger partial charge < -0.3 is 10.2 Å². The summed E-state index contributed by atoms with van der Waals surface area (Å²) in [6.07, 6.45) is 2.08. The maximum absolute atomic E-state index is 12.8. The molecule has 2 aliphatic rings. The van der Waals surface area contributed by atoms with Gasteiger partial charge in [-0.15, -0.1) is 0 Å². The summed E-state index contributed by atoms with van der Waals surface area (Å²) in [6.45, 7) is 4.00. The quantitative estimate of drug-likeness (QED) is 0.834. The Morgan fingerprint density at radius 1 is 1.33 bits per heavy atom. The zero-order valence-electron chi connectivity index (χ0n) is 13.5. The molecule has 1 amide bonds. The third-order valence-corrected chi connectivity index (χ3v) is 6.60. The van der Waals surface area contributed by atoms with Crippen LogP contribution in [-0.4, -0.2) is 50.9 Å². The van der Waals surface area contributed by atoms with Gasteiger partial charge in [-0.3, -0.25) is 4.79 Å². The molecule has 0 aromatic heterocycles. The molecule has 132 valence electrons. The van der Waals surface area contributed by atoms with Crippen LogP contribution in [0.5, 0.6) is 0 Å². The van der Waals surface area contributed by atoms with Gasteiger partial charge in [0.25, 0.3) is 0 Å². The molecule has 2 N–H and O–H groups in total. The van der Waals surface area contributed by atoms with Gasteiger partial charge in [-0.05, 0) is 49.9 Å². The van der Waals surface area contributed by atoms with E-state index in [0.29, 0.717) is 17.5 Å². The predicted octanol–water partition coefficient (Wildman–Crippen LogP) is 1.22. The molecule has 0 bridgehead atoms. The SMILES string of the molecule is CC(NS(=O)(=O)c1ccc(Cl)cc1)C(=O)N1CCC[C@H]2CNC[C@H]21. The van der Waals surface area contributed by atoms with E-state index in [9.17, 15) is 13.2 Å². The fraction of sp³-hybridized carbons (Fsp3) is 0.562. The highest BCUT2D eigenvalue weighted by molar-refractivity contribution is 7.89. The van der Waals surface area contributed by atoms with Crippen molar-refractivity contribution in [3.63, 3.8) is 0 Å². The lowest BCUT2D eigenvalue weighted by Gasteiger charge is -2.38. The predicted molar refractivity (Wildman–Crippen MR) is 92.3 cm³/mol. The van der Waals surface area contributed by atoms with E-state index in [1.54, 1.807) is 6.92 Å². The molecule has 2 saturated heterocycles. The molecule has 24 heavy (non-hydrogen) atoms. The second-order valence-corrected chi connectivity index (χ2v) is 8.61. The molecule has 2 fully saturated rings. The summed E-state index contributed by atoms with van der Waals surface area (Å²) >= 11 is 5.79. The molecule has 8 heteroatoms. The van der Waals surface area contributed by atoms with E-state index in [2.05, 4.69) is 10.0 Å². The van der Waals surface area contributed by atoms with Gasteiger partial charge >= 0.3 is 0 Å². The average molecular weight is 372 g/mol. The maximum atomic E-state index is 12.8. The molecule has 3 atom stereocenters. The minimum Gasteiger partial charge on any atom is -0.337 e. The topological polar surface area (TPSA) is 78.5 Å².